The van der Waals surface area contributed by atoms with Gasteiger partial charge in [0.05, 0.1) is 16.4 Å². The van der Waals surface area contributed by atoms with Crippen LogP contribution in [0.4, 0.5) is 0 Å². The first-order valence-electron chi connectivity index (χ1n) is 6.58. The Morgan fingerprint density at radius 3 is 2.38 bits per heavy atom. The standard InChI is InChI=1S/C16H14BrClN2O/c1-8-3-4-10(9(2)5-8)15(18)11-6-13-14(7-12(11)17)20-16(21)19-13/h3-7,15H,1-2H3,(H2,19,20,21). The minimum atomic E-state index is -0.275. The van der Waals surface area contributed by atoms with Gasteiger partial charge in [0.15, 0.2) is 0 Å². The minimum Gasteiger partial charge on any atom is -0.306 e. The van der Waals surface area contributed by atoms with Crippen LogP contribution in [0.5, 0.6) is 0 Å². The van der Waals surface area contributed by atoms with Crippen molar-refractivity contribution in [2.24, 2.45) is 0 Å². The fourth-order valence-electron chi connectivity index (χ4n) is 2.54. The highest BCUT2D eigenvalue weighted by atomic mass is 79.9. The Hall–Kier alpha value is -1.52. The molecular formula is C16H14BrClN2O. The smallest absolute Gasteiger partial charge is 0.306 e. The Morgan fingerprint density at radius 1 is 1.05 bits per heavy atom. The number of halogens is 2. The average Bonchev–Trinajstić information content (AvgIpc) is 2.76. The summed E-state index contributed by atoms with van der Waals surface area (Å²) < 4.78 is 0.880. The molecule has 3 nitrogen and oxygen atoms in total. The summed E-state index contributed by atoms with van der Waals surface area (Å²) in [6, 6.07) is 10.0. The van der Waals surface area contributed by atoms with Crippen molar-refractivity contribution in [2.75, 3.05) is 0 Å². The molecule has 1 atom stereocenters. The molecule has 2 N–H and O–H groups in total. The number of rotatable bonds is 2. The van der Waals surface area contributed by atoms with Crippen LogP contribution in [0.25, 0.3) is 11.0 Å². The normalized spacial score (nSPS) is 12.8. The molecule has 1 aromatic heterocycles. The van der Waals surface area contributed by atoms with Gasteiger partial charge in [-0.25, -0.2) is 4.79 Å². The van der Waals surface area contributed by atoms with Crippen LogP contribution in [0.15, 0.2) is 39.6 Å². The summed E-state index contributed by atoms with van der Waals surface area (Å²) in [7, 11) is 0. The number of H-pyrrole nitrogens is 2. The second-order valence-corrected chi connectivity index (χ2v) is 6.51. The SMILES string of the molecule is Cc1ccc(C(Cl)c2cc3[nH]c(=O)[nH]c3cc2Br)c(C)c1. The summed E-state index contributed by atoms with van der Waals surface area (Å²) in [5, 5.41) is -0.275. The van der Waals surface area contributed by atoms with E-state index in [0.717, 1.165) is 32.2 Å². The van der Waals surface area contributed by atoms with Crippen LogP contribution < -0.4 is 5.69 Å². The van der Waals surface area contributed by atoms with Crippen molar-refractivity contribution < 1.29 is 0 Å². The summed E-state index contributed by atoms with van der Waals surface area (Å²) >= 11 is 10.2. The van der Waals surface area contributed by atoms with Crippen molar-refractivity contribution in [3.63, 3.8) is 0 Å². The van der Waals surface area contributed by atoms with Crippen molar-refractivity contribution in [1.82, 2.24) is 9.97 Å². The van der Waals surface area contributed by atoms with E-state index < -0.39 is 0 Å². The Balaban J connectivity index is 2.14. The molecule has 0 amide bonds. The molecule has 3 aromatic rings. The van der Waals surface area contributed by atoms with Crippen LogP contribution in [0, 0.1) is 13.8 Å². The first kappa shape index (κ1) is 14.4. The van der Waals surface area contributed by atoms with E-state index in [0.29, 0.717) is 0 Å². The number of aromatic amines is 2. The van der Waals surface area contributed by atoms with E-state index in [4.69, 9.17) is 11.6 Å². The lowest BCUT2D eigenvalue weighted by atomic mass is 9.98. The van der Waals surface area contributed by atoms with E-state index in [1.54, 1.807) is 0 Å². The largest absolute Gasteiger partial charge is 0.323 e. The first-order valence-corrected chi connectivity index (χ1v) is 7.81. The van der Waals surface area contributed by atoms with Gasteiger partial charge in [-0.3, -0.25) is 0 Å². The topological polar surface area (TPSA) is 48.6 Å². The fourth-order valence-corrected chi connectivity index (χ4v) is 3.67. The van der Waals surface area contributed by atoms with Crippen LogP contribution in [-0.2, 0) is 0 Å². The Labute approximate surface area is 135 Å². The maximum Gasteiger partial charge on any atom is 0.323 e. The molecule has 1 heterocycles. The van der Waals surface area contributed by atoms with Gasteiger partial charge in [0.1, 0.15) is 0 Å². The molecule has 0 aliphatic rings. The van der Waals surface area contributed by atoms with Gasteiger partial charge in [0.2, 0.25) is 0 Å². The molecule has 0 aliphatic carbocycles. The molecule has 0 saturated heterocycles. The first-order chi connectivity index (χ1) is 9.95. The predicted octanol–water partition coefficient (Wildman–Crippen LogP) is 4.56. The van der Waals surface area contributed by atoms with E-state index in [-0.39, 0.29) is 11.1 Å². The summed E-state index contributed by atoms with van der Waals surface area (Å²) in [5.74, 6) is 0. The van der Waals surface area contributed by atoms with E-state index >= 15 is 0 Å². The third-order valence-electron chi connectivity index (χ3n) is 3.60. The number of nitrogens with one attached hydrogen (secondary N) is 2. The van der Waals surface area contributed by atoms with Gasteiger partial charge in [-0.2, -0.15) is 0 Å². The van der Waals surface area contributed by atoms with Crippen LogP contribution in [0.2, 0.25) is 0 Å². The second-order valence-electron chi connectivity index (χ2n) is 5.22. The molecule has 0 radical (unpaired) electrons. The fraction of sp³-hybridized carbons (Fsp3) is 0.188. The number of fused-ring (bicyclic) bond motifs is 1. The van der Waals surface area contributed by atoms with Gasteiger partial charge in [-0.15, -0.1) is 11.6 Å². The highest BCUT2D eigenvalue weighted by Gasteiger charge is 2.17. The molecule has 2 aromatic carbocycles. The van der Waals surface area contributed by atoms with Gasteiger partial charge in [-0.1, -0.05) is 39.7 Å². The molecule has 0 spiro atoms. The second kappa shape index (κ2) is 5.35. The lowest BCUT2D eigenvalue weighted by molar-refractivity contribution is 1.10. The summed E-state index contributed by atoms with van der Waals surface area (Å²) in [5.41, 5.74) is 5.68. The molecule has 0 saturated carbocycles. The number of imidazole rings is 1. The zero-order valence-corrected chi connectivity index (χ0v) is 14.0. The van der Waals surface area contributed by atoms with Crippen LogP contribution in [-0.4, -0.2) is 9.97 Å². The number of aromatic nitrogens is 2. The monoisotopic (exact) mass is 364 g/mol. The highest BCUT2D eigenvalue weighted by molar-refractivity contribution is 9.10. The number of aryl methyl sites for hydroxylation is 2. The molecule has 0 fully saturated rings. The summed E-state index contributed by atoms with van der Waals surface area (Å²) in [6.07, 6.45) is 0. The molecule has 108 valence electrons. The lowest BCUT2D eigenvalue weighted by Gasteiger charge is -2.15. The van der Waals surface area contributed by atoms with Crippen LogP contribution in [0.3, 0.4) is 0 Å². The molecular weight excluding hydrogens is 352 g/mol. The Kier molecular flexibility index (Phi) is 3.68. The van der Waals surface area contributed by atoms with Crippen molar-refractivity contribution in [3.8, 4) is 0 Å². The van der Waals surface area contributed by atoms with Gasteiger partial charge in [0.25, 0.3) is 0 Å². The molecule has 21 heavy (non-hydrogen) atoms. The van der Waals surface area contributed by atoms with Crippen LogP contribution in [0.1, 0.15) is 27.6 Å². The Bertz CT molecular complexity index is 882. The number of alkyl halides is 1. The Morgan fingerprint density at radius 2 is 1.71 bits per heavy atom. The molecule has 0 bridgehead atoms. The van der Waals surface area contributed by atoms with Crippen molar-refractivity contribution in [1.29, 1.82) is 0 Å². The summed E-state index contributed by atoms with van der Waals surface area (Å²) in [6.45, 7) is 4.12. The van der Waals surface area contributed by atoms with Crippen molar-refractivity contribution >= 4 is 38.6 Å². The molecule has 0 aliphatic heterocycles. The molecule has 5 heteroatoms. The summed E-state index contributed by atoms with van der Waals surface area (Å²) in [4.78, 5) is 16.9. The third kappa shape index (κ3) is 2.65. The zero-order valence-electron chi connectivity index (χ0n) is 11.6. The van der Waals surface area contributed by atoms with Crippen molar-refractivity contribution in [2.45, 2.75) is 19.2 Å². The van der Waals surface area contributed by atoms with Gasteiger partial charge < -0.3 is 9.97 Å². The maximum atomic E-state index is 11.4. The van der Waals surface area contributed by atoms with Crippen LogP contribution >= 0.6 is 27.5 Å². The number of hydrogen-bond donors (Lipinski definition) is 2. The van der Waals surface area contributed by atoms with E-state index in [1.165, 1.54) is 5.56 Å². The number of hydrogen-bond acceptors (Lipinski definition) is 1. The van der Waals surface area contributed by atoms with E-state index in [1.807, 2.05) is 12.1 Å². The maximum absolute atomic E-state index is 11.4. The van der Waals surface area contributed by atoms with E-state index in [9.17, 15) is 4.79 Å². The molecule has 1 unspecified atom stereocenters. The predicted molar refractivity (Wildman–Crippen MR) is 90.2 cm³/mol. The van der Waals surface area contributed by atoms with Gasteiger partial charge >= 0.3 is 5.69 Å². The third-order valence-corrected chi connectivity index (χ3v) is 4.76. The van der Waals surface area contributed by atoms with Gasteiger partial charge in [-0.05, 0) is 42.7 Å². The van der Waals surface area contributed by atoms with Crippen molar-refractivity contribution in [3.05, 3.63) is 67.5 Å². The zero-order chi connectivity index (χ0) is 15.1. The minimum absolute atomic E-state index is 0.216. The number of benzene rings is 2. The molecule has 3 rings (SSSR count). The lowest BCUT2D eigenvalue weighted by Crippen LogP contribution is -1.99. The van der Waals surface area contributed by atoms with E-state index in [2.05, 4.69) is 57.9 Å². The average molecular weight is 366 g/mol. The highest BCUT2D eigenvalue weighted by Crippen LogP contribution is 2.37. The quantitative estimate of drug-likeness (QED) is 0.642. The van der Waals surface area contributed by atoms with Gasteiger partial charge in [0, 0.05) is 4.47 Å².